The minimum Gasteiger partial charge on any atom is -0.460 e. The van der Waals surface area contributed by atoms with Crippen molar-refractivity contribution in [1.29, 1.82) is 0 Å². The topological polar surface area (TPSA) is 48.0 Å². The zero-order valence-corrected chi connectivity index (χ0v) is 21.8. The molecule has 0 amide bonds. The van der Waals surface area contributed by atoms with Crippen molar-refractivity contribution >= 4 is 23.0 Å². The lowest BCUT2D eigenvalue weighted by Crippen LogP contribution is -2.27. The molecule has 0 N–H and O–H groups in total. The molecule has 0 radical (unpaired) electrons. The summed E-state index contributed by atoms with van der Waals surface area (Å²) in [6, 6.07) is 27.3. The molecule has 0 aliphatic carbocycles. The van der Waals surface area contributed by atoms with Gasteiger partial charge in [-0.05, 0) is 87.7 Å². The molecule has 0 bridgehead atoms. The SMILES string of the molecule is CC(C)(C)OC(=O)CCCc1ccc(N2c3cccc4c3C3c5c(cccc5Oc5cccc2c53)O4)cc1. The fourth-order valence-electron chi connectivity index (χ4n) is 5.92. The molecule has 0 spiro atoms. The van der Waals surface area contributed by atoms with Crippen molar-refractivity contribution in [3.05, 3.63) is 101 Å². The number of aryl methyl sites for hydroxylation is 1. The van der Waals surface area contributed by atoms with Crippen LogP contribution in [0.1, 0.15) is 61.8 Å². The minimum absolute atomic E-state index is 0.0736. The number of hydrogen-bond donors (Lipinski definition) is 0. The number of hydrogen-bond acceptors (Lipinski definition) is 5. The van der Waals surface area contributed by atoms with Gasteiger partial charge in [0.1, 0.15) is 28.6 Å². The number of nitrogens with zero attached hydrogens (tertiary/aromatic N) is 1. The third-order valence-corrected chi connectivity index (χ3v) is 7.36. The van der Waals surface area contributed by atoms with Gasteiger partial charge in [-0.25, -0.2) is 0 Å². The van der Waals surface area contributed by atoms with Crippen molar-refractivity contribution in [1.82, 2.24) is 0 Å². The highest BCUT2D eigenvalue weighted by molar-refractivity contribution is 5.91. The van der Waals surface area contributed by atoms with Crippen molar-refractivity contribution in [2.75, 3.05) is 4.90 Å². The first-order chi connectivity index (χ1) is 18.4. The predicted molar refractivity (Wildman–Crippen MR) is 147 cm³/mol. The van der Waals surface area contributed by atoms with Crippen molar-refractivity contribution in [2.45, 2.75) is 51.6 Å². The Morgan fingerprint density at radius 1 is 0.763 bits per heavy atom. The second-order valence-electron chi connectivity index (χ2n) is 11.1. The van der Waals surface area contributed by atoms with E-state index in [0.29, 0.717) is 6.42 Å². The third-order valence-electron chi connectivity index (χ3n) is 7.36. The molecule has 0 fully saturated rings. The Bertz CT molecular complexity index is 1510. The number of anilines is 3. The normalized spacial score (nSPS) is 14.3. The van der Waals surface area contributed by atoms with Gasteiger partial charge in [0.05, 0.1) is 17.3 Å². The van der Waals surface area contributed by atoms with Gasteiger partial charge in [0.2, 0.25) is 0 Å². The van der Waals surface area contributed by atoms with Gasteiger partial charge in [0.25, 0.3) is 0 Å². The van der Waals surface area contributed by atoms with Crippen LogP contribution in [0.5, 0.6) is 23.0 Å². The van der Waals surface area contributed by atoms with Crippen LogP contribution in [-0.4, -0.2) is 11.6 Å². The molecule has 7 rings (SSSR count). The van der Waals surface area contributed by atoms with Crippen LogP contribution in [-0.2, 0) is 16.0 Å². The van der Waals surface area contributed by atoms with Gasteiger partial charge in [-0.15, -0.1) is 0 Å². The second-order valence-corrected chi connectivity index (χ2v) is 11.1. The number of esters is 1. The van der Waals surface area contributed by atoms with Crippen molar-refractivity contribution in [3.8, 4) is 23.0 Å². The maximum absolute atomic E-state index is 12.1. The highest BCUT2D eigenvalue weighted by Gasteiger charge is 2.44. The van der Waals surface area contributed by atoms with Crippen molar-refractivity contribution < 1.29 is 19.0 Å². The molecule has 0 saturated carbocycles. The molecule has 0 saturated heterocycles. The molecule has 0 atom stereocenters. The molecule has 0 unspecified atom stereocenters. The Hall–Kier alpha value is -4.25. The maximum Gasteiger partial charge on any atom is 0.306 e. The Labute approximate surface area is 222 Å². The van der Waals surface area contributed by atoms with E-state index in [1.165, 1.54) is 16.7 Å². The van der Waals surface area contributed by atoms with Crippen LogP contribution in [0.25, 0.3) is 0 Å². The Balaban J connectivity index is 1.23. The summed E-state index contributed by atoms with van der Waals surface area (Å²) in [6.45, 7) is 5.70. The number of rotatable bonds is 5. The molecule has 4 aromatic carbocycles. The predicted octanol–water partition coefficient (Wildman–Crippen LogP) is 8.53. The van der Waals surface area contributed by atoms with E-state index in [2.05, 4.69) is 65.6 Å². The van der Waals surface area contributed by atoms with Gasteiger partial charge in [0.15, 0.2) is 0 Å². The molecule has 3 heterocycles. The lowest BCUT2D eigenvalue weighted by Gasteiger charge is -2.43. The molecule has 190 valence electrons. The first-order valence-electron chi connectivity index (χ1n) is 13.2. The number of carbonyl (C=O) groups excluding carboxylic acids is 1. The fraction of sp³-hybridized carbons (Fsp3) is 0.242. The minimum atomic E-state index is -0.445. The van der Waals surface area contributed by atoms with Crippen LogP contribution in [0.2, 0.25) is 0 Å². The van der Waals surface area contributed by atoms with Crippen LogP contribution in [0.4, 0.5) is 17.1 Å². The summed E-state index contributed by atoms with van der Waals surface area (Å²) in [6.07, 6.45) is 2.00. The number of ether oxygens (including phenoxy) is 3. The smallest absolute Gasteiger partial charge is 0.306 e. The molecular formula is C33H29NO4. The first kappa shape index (κ1) is 22.9. The van der Waals surface area contributed by atoms with E-state index in [1.54, 1.807) is 0 Å². The molecule has 3 aliphatic rings. The Morgan fingerprint density at radius 3 is 1.84 bits per heavy atom. The van der Waals surface area contributed by atoms with Crippen LogP contribution in [0, 0.1) is 0 Å². The van der Waals surface area contributed by atoms with E-state index < -0.39 is 5.60 Å². The van der Waals surface area contributed by atoms with Gasteiger partial charge >= 0.3 is 5.97 Å². The summed E-state index contributed by atoms with van der Waals surface area (Å²) >= 11 is 0. The van der Waals surface area contributed by atoms with Gasteiger partial charge in [0, 0.05) is 28.8 Å². The summed E-state index contributed by atoms with van der Waals surface area (Å²) < 4.78 is 18.2. The standard InChI is InChI=1S/C33H29NO4/c1-33(2,3)38-28(35)15-4-8-20-16-18-21(19-17-20)34-22-9-5-11-24-29(22)32-30-23(34)10-6-12-25(30)37-27-14-7-13-26(36-24)31(27)32/h5-7,9-14,16-19,32H,4,8,15H2,1-3H3. The van der Waals surface area contributed by atoms with Gasteiger partial charge in [-0.1, -0.05) is 30.3 Å². The number of benzene rings is 4. The van der Waals surface area contributed by atoms with E-state index in [9.17, 15) is 4.79 Å². The van der Waals surface area contributed by atoms with Crippen LogP contribution < -0.4 is 14.4 Å². The summed E-state index contributed by atoms with van der Waals surface area (Å²) in [7, 11) is 0. The van der Waals surface area contributed by atoms with E-state index >= 15 is 0 Å². The zero-order chi connectivity index (χ0) is 26.0. The highest BCUT2D eigenvalue weighted by Crippen LogP contribution is 2.64. The van der Waals surface area contributed by atoms with Gasteiger partial charge in [-0.2, -0.15) is 0 Å². The van der Waals surface area contributed by atoms with Gasteiger partial charge in [-0.3, -0.25) is 4.79 Å². The molecule has 5 heteroatoms. The Kier molecular flexibility index (Phi) is 5.05. The monoisotopic (exact) mass is 503 g/mol. The maximum atomic E-state index is 12.1. The van der Waals surface area contributed by atoms with E-state index in [4.69, 9.17) is 14.2 Å². The average Bonchev–Trinajstić information content (AvgIpc) is 2.88. The lowest BCUT2D eigenvalue weighted by molar-refractivity contribution is -0.154. The van der Waals surface area contributed by atoms with E-state index in [-0.39, 0.29) is 11.9 Å². The lowest BCUT2D eigenvalue weighted by atomic mass is 9.76. The highest BCUT2D eigenvalue weighted by atomic mass is 16.6. The molecule has 38 heavy (non-hydrogen) atoms. The zero-order valence-electron chi connectivity index (χ0n) is 21.8. The summed E-state index contributed by atoms with van der Waals surface area (Å²) in [5.74, 6) is 3.44. The molecule has 3 aliphatic heterocycles. The number of carbonyl (C=O) groups is 1. The first-order valence-corrected chi connectivity index (χ1v) is 13.2. The fourth-order valence-corrected chi connectivity index (χ4v) is 5.92. The molecule has 4 aromatic rings. The van der Waals surface area contributed by atoms with E-state index in [1.807, 2.05) is 39.0 Å². The van der Waals surface area contributed by atoms with Gasteiger partial charge < -0.3 is 19.1 Å². The molecular weight excluding hydrogens is 474 g/mol. The van der Waals surface area contributed by atoms with Crippen molar-refractivity contribution in [3.63, 3.8) is 0 Å². The summed E-state index contributed by atoms with van der Waals surface area (Å²) in [5, 5.41) is 0. The van der Waals surface area contributed by atoms with Crippen molar-refractivity contribution in [2.24, 2.45) is 0 Å². The third kappa shape index (κ3) is 3.65. The van der Waals surface area contributed by atoms with Crippen LogP contribution >= 0.6 is 0 Å². The second kappa shape index (κ2) is 8.38. The summed E-state index contributed by atoms with van der Waals surface area (Å²) in [4.78, 5) is 14.4. The molecule has 5 nitrogen and oxygen atoms in total. The molecule has 0 aromatic heterocycles. The quantitative estimate of drug-likeness (QED) is 0.220. The Morgan fingerprint density at radius 2 is 1.29 bits per heavy atom. The van der Waals surface area contributed by atoms with Crippen LogP contribution in [0.15, 0.2) is 78.9 Å². The average molecular weight is 504 g/mol. The summed E-state index contributed by atoms with van der Waals surface area (Å²) in [5.41, 5.74) is 7.53. The largest absolute Gasteiger partial charge is 0.460 e. The van der Waals surface area contributed by atoms with Crippen LogP contribution in [0.3, 0.4) is 0 Å². The van der Waals surface area contributed by atoms with E-state index in [0.717, 1.165) is 58.5 Å².